The Kier molecular flexibility index (Phi) is 13.1. The number of carbonyl (C=O) groups is 1. The first-order chi connectivity index (χ1) is 28.8. The number of anilines is 1. The van der Waals surface area contributed by atoms with Gasteiger partial charge in [0, 0.05) is 36.4 Å². The highest BCUT2D eigenvalue weighted by Gasteiger charge is 2.65. The molecule has 3 fully saturated rings. The molecule has 8 rings (SSSR count). The number of rotatable bonds is 17. The van der Waals surface area contributed by atoms with Crippen LogP contribution in [0.4, 0.5) is 5.82 Å². The average Bonchev–Trinajstić information content (AvgIpc) is 4.01. The second kappa shape index (κ2) is 18.6. The van der Waals surface area contributed by atoms with Crippen LogP contribution in [0.15, 0.2) is 126 Å². The summed E-state index contributed by atoms with van der Waals surface area (Å²) in [6.45, 7) is 1.99. The van der Waals surface area contributed by atoms with Crippen molar-refractivity contribution in [1.29, 1.82) is 0 Å². The molecule has 4 aromatic carbocycles. The number of carbonyl (C=O) groups excluding carboxylic acids is 1. The van der Waals surface area contributed by atoms with Crippen molar-refractivity contribution in [1.82, 2.24) is 14.2 Å². The SMILES string of the molecule is COc1ccc(C(OC[C@@]23COC([C@H](n4ccc(N)nc4=O)O2)[C@H]3OP(SCCSC(=O)c2ccccc2)N2CCCC2)(c2ccccc2)c2ccc(OC)cc2)cc1. The lowest BCUT2D eigenvalue weighted by Gasteiger charge is -2.40. The Morgan fingerprint density at radius 2 is 1.47 bits per heavy atom. The lowest BCUT2D eigenvalue weighted by atomic mass is 9.79. The fourth-order valence-corrected chi connectivity index (χ4v) is 13.2. The lowest BCUT2D eigenvalue weighted by molar-refractivity contribution is -0.203. The molecule has 308 valence electrons. The molecule has 0 spiro atoms. The standard InChI is InChI=1S/C44H47N4O8PS2/c1-51-35-19-15-33(16-20-35)44(32-13-7-4-8-14-32,34-17-21-36(52-2)22-18-34)54-30-43-29-53-38(40(55-43)48-26-23-37(45)46-42(48)50)39(43)56-57(47-24-9-10-25-47)59-28-27-58-41(49)31-11-5-3-6-12-31/h3-8,11-23,26,38-40H,9-10,24-25,27-30H2,1-2H3,(H2,45,46,50)/t38?,39-,40-,43-,57?/m1/s1. The molecular formula is C44H47N4O8PS2. The predicted molar refractivity (Wildman–Crippen MR) is 232 cm³/mol. The topological polar surface area (TPSA) is 137 Å². The van der Waals surface area contributed by atoms with Gasteiger partial charge in [-0.3, -0.25) is 14.0 Å². The first-order valence-electron chi connectivity index (χ1n) is 19.5. The number of hydrogen-bond acceptors (Lipinski definition) is 13. The molecule has 15 heteroatoms. The van der Waals surface area contributed by atoms with E-state index in [-0.39, 0.29) is 24.1 Å². The van der Waals surface area contributed by atoms with E-state index in [2.05, 4.69) is 21.8 Å². The summed E-state index contributed by atoms with van der Waals surface area (Å²) in [5.41, 5.74) is 6.39. The Hall–Kier alpha value is -4.24. The quantitative estimate of drug-likeness (QED) is 0.0561. The van der Waals surface area contributed by atoms with Gasteiger partial charge in [0.05, 0.1) is 27.4 Å². The first-order valence-corrected chi connectivity index (χ1v) is 23.3. The molecule has 3 aliphatic rings. The van der Waals surface area contributed by atoms with Gasteiger partial charge in [-0.15, -0.1) is 0 Å². The van der Waals surface area contributed by atoms with Crippen molar-refractivity contribution in [3.05, 3.63) is 154 Å². The number of fused-ring (bicyclic) bond motifs is 2. The van der Waals surface area contributed by atoms with Gasteiger partial charge in [0.25, 0.3) is 0 Å². The van der Waals surface area contributed by atoms with E-state index in [1.807, 2.05) is 97.1 Å². The maximum atomic E-state index is 13.4. The van der Waals surface area contributed by atoms with Crippen molar-refractivity contribution in [3.8, 4) is 11.5 Å². The summed E-state index contributed by atoms with van der Waals surface area (Å²) in [4.78, 5) is 30.3. The molecule has 3 aliphatic heterocycles. The maximum absolute atomic E-state index is 13.4. The van der Waals surface area contributed by atoms with E-state index in [4.69, 9.17) is 33.9 Å². The zero-order valence-electron chi connectivity index (χ0n) is 32.9. The number of aromatic nitrogens is 2. The number of ether oxygens (including phenoxy) is 5. The minimum Gasteiger partial charge on any atom is -0.497 e. The van der Waals surface area contributed by atoms with E-state index < -0.39 is 42.8 Å². The van der Waals surface area contributed by atoms with Crippen LogP contribution in [0.2, 0.25) is 0 Å². The molecule has 12 nitrogen and oxygen atoms in total. The van der Waals surface area contributed by atoms with Gasteiger partial charge in [-0.1, -0.05) is 108 Å². The van der Waals surface area contributed by atoms with Crippen LogP contribution in [0.5, 0.6) is 11.5 Å². The Balaban J connectivity index is 1.15. The summed E-state index contributed by atoms with van der Waals surface area (Å²) in [5.74, 6) is 2.87. The molecule has 59 heavy (non-hydrogen) atoms. The van der Waals surface area contributed by atoms with Crippen molar-refractivity contribution in [3.63, 3.8) is 0 Å². The number of nitrogens with zero attached hydrogens (tertiary/aromatic N) is 3. The Labute approximate surface area is 353 Å². The van der Waals surface area contributed by atoms with E-state index in [9.17, 15) is 9.59 Å². The molecule has 0 radical (unpaired) electrons. The molecule has 1 aromatic heterocycles. The molecule has 5 atom stereocenters. The summed E-state index contributed by atoms with van der Waals surface area (Å²) >= 11 is 3.03. The third kappa shape index (κ3) is 8.69. The highest BCUT2D eigenvalue weighted by Crippen LogP contribution is 2.61. The summed E-state index contributed by atoms with van der Waals surface area (Å²) in [6, 6.07) is 36.7. The molecule has 3 saturated heterocycles. The van der Waals surface area contributed by atoms with Crippen LogP contribution >= 0.6 is 30.6 Å². The third-order valence-electron chi connectivity index (χ3n) is 10.9. The van der Waals surface area contributed by atoms with Crippen LogP contribution in [-0.4, -0.2) is 89.2 Å². The molecule has 0 amide bonds. The summed E-state index contributed by atoms with van der Waals surface area (Å²) in [7, 11) is 2.06. The Morgan fingerprint density at radius 3 is 2.08 bits per heavy atom. The van der Waals surface area contributed by atoms with Gasteiger partial charge in [-0.2, -0.15) is 4.98 Å². The Bertz CT molecular complexity index is 2180. The van der Waals surface area contributed by atoms with Crippen LogP contribution in [-0.2, 0) is 24.3 Å². The maximum Gasteiger partial charge on any atom is 0.351 e. The third-order valence-corrected chi connectivity index (χ3v) is 16.1. The van der Waals surface area contributed by atoms with Crippen molar-refractivity contribution >= 4 is 41.6 Å². The van der Waals surface area contributed by atoms with Crippen LogP contribution in [0.1, 0.15) is 46.1 Å². The summed E-state index contributed by atoms with van der Waals surface area (Å²) in [6.07, 6.45) is 1.58. The minimum atomic E-state index is -1.23. The fourth-order valence-electron chi connectivity index (χ4n) is 7.85. The molecule has 0 saturated carbocycles. The van der Waals surface area contributed by atoms with E-state index in [1.54, 1.807) is 37.9 Å². The van der Waals surface area contributed by atoms with Crippen molar-refractivity contribution in [2.24, 2.45) is 0 Å². The van der Waals surface area contributed by atoms with Gasteiger partial charge in [0.1, 0.15) is 40.7 Å². The number of hydrogen-bond donors (Lipinski definition) is 1. The smallest absolute Gasteiger partial charge is 0.351 e. The normalized spacial score (nSPS) is 22.0. The van der Waals surface area contributed by atoms with Gasteiger partial charge >= 0.3 is 5.69 Å². The van der Waals surface area contributed by atoms with Crippen LogP contribution in [0.3, 0.4) is 0 Å². The minimum absolute atomic E-state index is 0.0318. The van der Waals surface area contributed by atoms with Crippen molar-refractivity contribution < 1.29 is 33.0 Å². The molecule has 5 aromatic rings. The highest BCUT2D eigenvalue weighted by atomic mass is 32.7. The first kappa shape index (κ1) is 41.5. The number of thioether (sulfide) groups is 1. The lowest BCUT2D eigenvalue weighted by Crippen LogP contribution is -2.49. The summed E-state index contributed by atoms with van der Waals surface area (Å²) in [5, 5.41) is 0.0466. The predicted octanol–water partition coefficient (Wildman–Crippen LogP) is 7.53. The molecule has 4 heterocycles. The van der Waals surface area contributed by atoms with Crippen LogP contribution in [0, 0.1) is 0 Å². The van der Waals surface area contributed by atoms with Crippen LogP contribution in [0.25, 0.3) is 0 Å². The van der Waals surface area contributed by atoms with E-state index in [0.717, 1.165) is 42.6 Å². The number of nitrogens with two attached hydrogens (primary N) is 1. The second-order valence-corrected chi connectivity index (χ2v) is 19.1. The molecule has 2 N–H and O–H groups in total. The fraction of sp³-hybridized carbons (Fsp3) is 0.341. The molecule has 2 unspecified atom stereocenters. The van der Waals surface area contributed by atoms with Crippen LogP contribution < -0.4 is 20.9 Å². The Morgan fingerprint density at radius 1 is 0.864 bits per heavy atom. The molecule has 0 aliphatic carbocycles. The van der Waals surface area contributed by atoms with E-state index >= 15 is 0 Å². The van der Waals surface area contributed by atoms with E-state index in [0.29, 0.717) is 28.6 Å². The zero-order valence-corrected chi connectivity index (χ0v) is 35.4. The summed E-state index contributed by atoms with van der Waals surface area (Å²) < 4.78 is 43.2. The van der Waals surface area contributed by atoms with Gasteiger partial charge in [-0.25, -0.2) is 4.79 Å². The number of benzene rings is 4. The number of methoxy groups -OCH3 is 2. The van der Waals surface area contributed by atoms with Gasteiger partial charge in [0.15, 0.2) is 13.7 Å². The number of nitrogen functional groups attached to an aromatic ring is 1. The van der Waals surface area contributed by atoms with Gasteiger partial charge in [-0.05, 0) is 59.9 Å². The largest absolute Gasteiger partial charge is 0.497 e. The molecular weight excluding hydrogens is 808 g/mol. The van der Waals surface area contributed by atoms with Gasteiger partial charge in [0.2, 0.25) is 5.12 Å². The van der Waals surface area contributed by atoms with Crippen molar-refractivity contribution in [2.75, 3.05) is 57.8 Å². The second-order valence-electron chi connectivity index (χ2n) is 14.4. The monoisotopic (exact) mass is 854 g/mol. The molecule has 2 bridgehead atoms. The average molecular weight is 855 g/mol. The highest BCUT2D eigenvalue weighted by molar-refractivity contribution is 8.53. The van der Waals surface area contributed by atoms with E-state index in [1.165, 1.54) is 16.3 Å². The zero-order chi connectivity index (χ0) is 40.8. The van der Waals surface area contributed by atoms with Crippen molar-refractivity contribution in [2.45, 2.75) is 42.5 Å². The van der Waals surface area contributed by atoms with Gasteiger partial charge < -0.3 is 33.9 Å².